The molecule has 0 unspecified atom stereocenters. The van der Waals surface area contributed by atoms with Gasteiger partial charge in [0.2, 0.25) is 0 Å². The van der Waals surface area contributed by atoms with E-state index in [0.29, 0.717) is 11.4 Å². The Morgan fingerprint density at radius 2 is 2.04 bits per heavy atom. The second kappa shape index (κ2) is 6.41. The molecule has 1 aromatic carbocycles. The number of hydrogen-bond acceptors (Lipinski definition) is 5. The van der Waals surface area contributed by atoms with Crippen LogP contribution < -0.4 is 5.32 Å². The molecular weight excluding hydrogens is 316 g/mol. The molecule has 1 amide bonds. The van der Waals surface area contributed by atoms with Crippen LogP contribution in [0.1, 0.15) is 15.2 Å². The Balaban J connectivity index is 1.61. The van der Waals surface area contributed by atoms with Gasteiger partial charge in [-0.25, -0.2) is 4.98 Å². The van der Waals surface area contributed by atoms with E-state index in [2.05, 4.69) is 10.3 Å². The molecule has 2 aromatic heterocycles. The SMILES string of the molecule is O=C(NCc1ccc(-n2ccnc2)cc1)c1ccc([N+](=O)[O-])s1. The molecule has 0 spiro atoms. The van der Waals surface area contributed by atoms with Crippen LogP contribution in [0.15, 0.2) is 55.1 Å². The van der Waals surface area contributed by atoms with E-state index < -0.39 is 4.92 Å². The van der Waals surface area contributed by atoms with Crippen molar-refractivity contribution in [3.05, 3.63) is 75.7 Å². The molecule has 0 saturated carbocycles. The standard InChI is InChI=1S/C15H12N4O3S/c20-15(13-5-6-14(23-13)19(21)22)17-9-11-1-3-12(4-2-11)18-8-7-16-10-18/h1-8,10H,9H2,(H,17,20). The molecule has 0 aliphatic heterocycles. The smallest absolute Gasteiger partial charge is 0.324 e. The van der Waals surface area contributed by atoms with Crippen LogP contribution in [0, 0.1) is 10.1 Å². The van der Waals surface area contributed by atoms with Crippen molar-refractivity contribution in [3.8, 4) is 5.69 Å². The molecule has 3 aromatic rings. The van der Waals surface area contributed by atoms with Crippen molar-refractivity contribution in [2.75, 3.05) is 0 Å². The maximum Gasteiger partial charge on any atom is 0.324 e. The van der Waals surface area contributed by atoms with E-state index in [-0.39, 0.29) is 10.9 Å². The predicted molar refractivity (Wildman–Crippen MR) is 85.7 cm³/mol. The molecule has 0 fully saturated rings. The minimum Gasteiger partial charge on any atom is -0.347 e. The Morgan fingerprint density at radius 3 is 2.65 bits per heavy atom. The van der Waals surface area contributed by atoms with Crippen LogP contribution in [-0.4, -0.2) is 20.4 Å². The van der Waals surface area contributed by atoms with E-state index >= 15 is 0 Å². The summed E-state index contributed by atoms with van der Waals surface area (Å²) in [5.74, 6) is -0.318. The fourth-order valence-electron chi connectivity index (χ4n) is 2.02. The molecule has 23 heavy (non-hydrogen) atoms. The minimum atomic E-state index is -0.504. The van der Waals surface area contributed by atoms with Crippen molar-refractivity contribution >= 4 is 22.2 Å². The van der Waals surface area contributed by atoms with Crippen LogP contribution in [0.3, 0.4) is 0 Å². The van der Waals surface area contributed by atoms with Gasteiger partial charge < -0.3 is 9.88 Å². The number of nitro groups is 1. The van der Waals surface area contributed by atoms with Crippen LogP contribution in [0.2, 0.25) is 0 Å². The van der Waals surface area contributed by atoms with Crippen molar-refractivity contribution in [3.63, 3.8) is 0 Å². The van der Waals surface area contributed by atoms with Crippen LogP contribution >= 0.6 is 11.3 Å². The third-order valence-corrected chi connectivity index (χ3v) is 4.22. The average Bonchev–Trinajstić information content (AvgIpc) is 3.24. The predicted octanol–water partition coefficient (Wildman–Crippen LogP) is 2.77. The largest absolute Gasteiger partial charge is 0.347 e. The number of rotatable bonds is 5. The third kappa shape index (κ3) is 3.43. The Hall–Kier alpha value is -3.00. The van der Waals surface area contributed by atoms with Crippen molar-refractivity contribution in [2.45, 2.75) is 6.54 Å². The van der Waals surface area contributed by atoms with Gasteiger partial charge in [0, 0.05) is 30.7 Å². The first-order valence-corrected chi connectivity index (χ1v) is 7.55. The summed E-state index contributed by atoms with van der Waals surface area (Å²) < 4.78 is 1.88. The first-order chi connectivity index (χ1) is 11.1. The fourth-order valence-corrected chi connectivity index (χ4v) is 2.75. The van der Waals surface area contributed by atoms with Crippen molar-refractivity contribution in [1.29, 1.82) is 0 Å². The first-order valence-electron chi connectivity index (χ1n) is 6.73. The molecular formula is C15H12N4O3S. The van der Waals surface area contributed by atoms with Gasteiger partial charge in [-0.05, 0) is 23.8 Å². The van der Waals surface area contributed by atoms with Crippen LogP contribution in [-0.2, 0) is 6.54 Å². The quantitative estimate of drug-likeness (QED) is 0.576. The molecule has 0 bridgehead atoms. The lowest BCUT2D eigenvalue weighted by Gasteiger charge is -2.06. The van der Waals surface area contributed by atoms with Gasteiger partial charge in [0.15, 0.2) is 0 Å². The maximum absolute atomic E-state index is 12.0. The Morgan fingerprint density at radius 1 is 1.26 bits per heavy atom. The van der Waals surface area contributed by atoms with Gasteiger partial charge in [-0.3, -0.25) is 14.9 Å². The van der Waals surface area contributed by atoms with Gasteiger partial charge in [0.25, 0.3) is 5.91 Å². The summed E-state index contributed by atoms with van der Waals surface area (Å²) >= 11 is 0.864. The number of nitrogens with one attached hydrogen (secondary N) is 1. The second-order valence-corrected chi connectivity index (χ2v) is 5.78. The van der Waals surface area contributed by atoms with Crippen molar-refractivity contribution in [2.24, 2.45) is 0 Å². The van der Waals surface area contributed by atoms with Gasteiger partial charge in [-0.1, -0.05) is 23.5 Å². The van der Waals surface area contributed by atoms with E-state index in [1.54, 1.807) is 12.5 Å². The molecule has 1 N–H and O–H groups in total. The summed E-state index contributed by atoms with van der Waals surface area (Å²) in [5.41, 5.74) is 1.92. The van der Waals surface area contributed by atoms with Crippen LogP contribution in [0.4, 0.5) is 5.00 Å². The number of imidazole rings is 1. The highest BCUT2D eigenvalue weighted by Crippen LogP contribution is 2.23. The fraction of sp³-hybridized carbons (Fsp3) is 0.0667. The highest BCUT2D eigenvalue weighted by atomic mass is 32.1. The number of carbonyl (C=O) groups excluding carboxylic acids is 1. The molecule has 7 nitrogen and oxygen atoms in total. The monoisotopic (exact) mass is 328 g/mol. The second-order valence-electron chi connectivity index (χ2n) is 4.71. The first kappa shape index (κ1) is 14.9. The summed E-state index contributed by atoms with van der Waals surface area (Å²) in [7, 11) is 0. The van der Waals surface area contributed by atoms with Crippen molar-refractivity contribution < 1.29 is 9.72 Å². The van der Waals surface area contributed by atoms with Crippen LogP contribution in [0.25, 0.3) is 5.69 Å². The summed E-state index contributed by atoms with van der Waals surface area (Å²) in [6, 6.07) is 10.5. The lowest BCUT2D eigenvalue weighted by molar-refractivity contribution is -0.380. The molecule has 0 aliphatic carbocycles. The lowest BCUT2D eigenvalue weighted by Crippen LogP contribution is -2.21. The van der Waals surface area contributed by atoms with Gasteiger partial charge in [-0.15, -0.1) is 0 Å². The number of benzene rings is 1. The van der Waals surface area contributed by atoms with Gasteiger partial charge in [0.05, 0.1) is 16.1 Å². The highest BCUT2D eigenvalue weighted by molar-refractivity contribution is 7.17. The zero-order valence-electron chi connectivity index (χ0n) is 11.9. The molecule has 0 radical (unpaired) electrons. The topological polar surface area (TPSA) is 90.1 Å². The molecule has 0 atom stereocenters. The lowest BCUT2D eigenvalue weighted by atomic mass is 10.2. The summed E-state index contributed by atoms with van der Waals surface area (Å²) in [5, 5.41) is 13.3. The summed E-state index contributed by atoms with van der Waals surface area (Å²) in [6.45, 7) is 0.356. The zero-order chi connectivity index (χ0) is 16.2. The van der Waals surface area contributed by atoms with Gasteiger partial charge in [0.1, 0.15) is 0 Å². The molecule has 3 rings (SSSR count). The highest BCUT2D eigenvalue weighted by Gasteiger charge is 2.14. The van der Waals surface area contributed by atoms with Crippen LogP contribution in [0.5, 0.6) is 0 Å². The van der Waals surface area contributed by atoms with Gasteiger partial charge in [-0.2, -0.15) is 0 Å². The normalized spacial score (nSPS) is 10.4. The average molecular weight is 328 g/mol. The van der Waals surface area contributed by atoms with E-state index in [4.69, 9.17) is 0 Å². The Kier molecular flexibility index (Phi) is 4.15. The number of hydrogen-bond donors (Lipinski definition) is 1. The van der Waals surface area contributed by atoms with E-state index in [9.17, 15) is 14.9 Å². The molecule has 0 aliphatic rings. The molecule has 8 heteroatoms. The molecule has 116 valence electrons. The van der Waals surface area contributed by atoms with E-state index in [0.717, 1.165) is 22.6 Å². The zero-order valence-corrected chi connectivity index (χ0v) is 12.7. The Bertz CT molecular complexity index is 825. The number of nitrogens with zero attached hydrogens (tertiary/aromatic N) is 3. The number of amides is 1. The third-order valence-electron chi connectivity index (χ3n) is 3.19. The number of thiophene rings is 1. The number of carbonyl (C=O) groups is 1. The van der Waals surface area contributed by atoms with Crippen molar-refractivity contribution in [1.82, 2.24) is 14.9 Å². The summed E-state index contributed by atoms with van der Waals surface area (Å²) in [6.07, 6.45) is 5.26. The van der Waals surface area contributed by atoms with Gasteiger partial charge >= 0.3 is 5.00 Å². The number of aromatic nitrogens is 2. The van der Waals surface area contributed by atoms with E-state index in [1.807, 2.05) is 35.0 Å². The Labute approximate surface area is 135 Å². The van der Waals surface area contributed by atoms with E-state index in [1.165, 1.54) is 12.1 Å². The summed E-state index contributed by atoms with van der Waals surface area (Å²) in [4.78, 5) is 26.4. The minimum absolute atomic E-state index is 0.0418. The maximum atomic E-state index is 12.0. The molecule has 2 heterocycles. The molecule has 0 saturated heterocycles.